The van der Waals surface area contributed by atoms with Crippen LogP contribution in [-0.4, -0.2) is 31.0 Å². The molecule has 0 amide bonds. The van der Waals surface area contributed by atoms with E-state index in [1.54, 1.807) is 0 Å². The zero-order valence-corrected chi connectivity index (χ0v) is 14.4. The lowest BCUT2D eigenvalue weighted by Gasteiger charge is -2.21. The third-order valence-electron chi connectivity index (χ3n) is 4.33. The molecule has 0 bridgehead atoms. The molecule has 1 N–H and O–H groups in total. The predicted molar refractivity (Wildman–Crippen MR) is 88.7 cm³/mol. The quantitative estimate of drug-likeness (QED) is 0.854. The van der Waals surface area contributed by atoms with Crippen molar-refractivity contribution in [2.24, 2.45) is 5.41 Å². The van der Waals surface area contributed by atoms with Gasteiger partial charge in [-0.3, -0.25) is 4.68 Å². The Balaban J connectivity index is 2.18. The molecule has 122 valence electrons. The maximum atomic E-state index is 9.36. The van der Waals surface area contributed by atoms with E-state index in [-0.39, 0.29) is 12.0 Å². The smallest absolute Gasteiger partial charge is 0.0950 e. The van der Waals surface area contributed by atoms with Gasteiger partial charge in [0.25, 0.3) is 0 Å². The minimum absolute atomic E-state index is 0.0142. The van der Waals surface area contributed by atoms with Gasteiger partial charge in [-0.05, 0) is 39.0 Å². The first-order valence-corrected chi connectivity index (χ1v) is 8.05. The first-order chi connectivity index (χ1) is 10.4. The molecule has 22 heavy (non-hydrogen) atoms. The molecule has 2 heterocycles. The van der Waals surface area contributed by atoms with Gasteiger partial charge in [0.1, 0.15) is 0 Å². The molecule has 0 spiro atoms. The summed E-state index contributed by atoms with van der Waals surface area (Å²) in [6.07, 6.45) is 5.84. The van der Waals surface area contributed by atoms with E-state index >= 15 is 0 Å². The zero-order chi connectivity index (χ0) is 16.3. The minimum atomic E-state index is -0.0142. The molecule has 2 aromatic heterocycles. The summed E-state index contributed by atoms with van der Waals surface area (Å²) in [7, 11) is 0. The first kappa shape index (κ1) is 16.7. The Labute approximate surface area is 133 Å². The van der Waals surface area contributed by atoms with E-state index in [0.29, 0.717) is 0 Å². The van der Waals surface area contributed by atoms with Crippen molar-refractivity contribution < 1.29 is 5.11 Å². The Morgan fingerprint density at radius 2 is 2.00 bits per heavy atom. The molecule has 0 aromatic carbocycles. The van der Waals surface area contributed by atoms with Crippen LogP contribution in [0, 0.1) is 19.3 Å². The fourth-order valence-electron chi connectivity index (χ4n) is 2.89. The lowest BCUT2D eigenvalue weighted by atomic mass is 9.89. The average Bonchev–Trinajstić information content (AvgIpc) is 3.03. The Hall–Kier alpha value is -1.62. The average molecular weight is 304 g/mol. The van der Waals surface area contributed by atoms with Crippen molar-refractivity contribution >= 4 is 0 Å². The van der Waals surface area contributed by atoms with Crippen molar-refractivity contribution in [2.45, 2.75) is 60.5 Å². The minimum Gasteiger partial charge on any atom is -0.396 e. The highest BCUT2D eigenvalue weighted by Crippen LogP contribution is 2.28. The second-order valence-electron chi connectivity index (χ2n) is 6.76. The van der Waals surface area contributed by atoms with Crippen molar-refractivity contribution in [1.29, 1.82) is 0 Å². The van der Waals surface area contributed by atoms with Gasteiger partial charge < -0.3 is 9.67 Å². The number of aliphatic hydroxyl groups is 1. The summed E-state index contributed by atoms with van der Waals surface area (Å²) in [6.45, 7) is 12.5. The molecule has 0 aliphatic heterocycles. The van der Waals surface area contributed by atoms with Crippen molar-refractivity contribution in [3.05, 3.63) is 23.9 Å². The number of aliphatic hydroxyl groups excluding tert-OH is 1. The molecule has 0 aliphatic carbocycles. The molecule has 5 nitrogen and oxygen atoms in total. The summed E-state index contributed by atoms with van der Waals surface area (Å²) in [5, 5.41) is 14.0. The van der Waals surface area contributed by atoms with E-state index in [2.05, 4.69) is 49.3 Å². The normalized spacial score (nSPS) is 12.1. The molecule has 0 fully saturated rings. The fraction of sp³-hybridized carbons (Fsp3) is 0.647. The Bertz CT molecular complexity index is 625. The van der Waals surface area contributed by atoms with E-state index in [9.17, 15) is 5.11 Å². The van der Waals surface area contributed by atoms with Gasteiger partial charge in [0.05, 0.1) is 23.9 Å². The number of imidazole rings is 1. The molecule has 0 radical (unpaired) electrons. The SMILES string of the molecule is CCn1nc(C)c(-c2cncn2CCCC(C)(C)CO)c1C. The summed E-state index contributed by atoms with van der Waals surface area (Å²) in [6, 6.07) is 0. The van der Waals surface area contributed by atoms with Gasteiger partial charge in [-0.2, -0.15) is 5.10 Å². The van der Waals surface area contributed by atoms with Crippen LogP contribution in [0.5, 0.6) is 0 Å². The maximum Gasteiger partial charge on any atom is 0.0950 e. The van der Waals surface area contributed by atoms with E-state index in [4.69, 9.17) is 0 Å². The summed E-state index contributed by atoms with van der Waals surface area (Å²) in [4.78, 5) is 4.33. The second-order valence-corrected chi connectivity index (χ2v) is 6.76. The molecular formula is C17H28N4O. The second kappa shape index (κ2) is 6.65. The third-order valence-corrected chi connectivity index (χ3v) is 4.33. The highest BCUT2D eigenvalue weighted by Gasteiger charge is 2.18. The van der Waals surface area contributed by atoms with Gasteiger partial charge >= 0.3 is 0 Å². The lowest BCUT2D eigenvalue weighted by molar-refractivity contribution is 0.146. The highest BCUT2D eigenvalue weighted by molar-refractivity contribution is 5.64. The van der Waals surface area contributed by atoms with E-state index in [1.165, 1.54) is 11.3 Å². The topological polar surface area (TPSA) is 55.9 Å². The number of aryl methyl sites for hydroxylation is 3. The van der Waals surface area contributed by atoms with Crippen LogP contribution in [0.3, 0.4) is 0 Å². The molecule has 0 atom stereocenters. The zero-order valence-electron chi connectivity index (χ0n) is 14.4. The van der Waals surface area contributed by atoms with Gasteiger partial charge in [0.15, 0.2) is 0 Å². The molecular weight excluding hydrogens is 276 g/mol. The van der Waals surface area contributed by atoms with Gasteiger partial charge in [-0.1, -0.05) is 13.8 Å². The van der Waals surface area contributed by atoms with Gasteiger partial charge in [0.2, 0.25) is 0 Å². The monoisotopic (exact) mass is 304 g/mol. The van der Waals surface area contributed by atoms with Crippen LogP contribution in [0.4, 0.5) is 0 Å². The largest absolute Gasteiger partial charge is 0.396 e. The Kier molecular flexibility index (Phi) is 5.06. The number of aromatic nitrogens is 4. The van der Waals surface area contributed by atoms with Crippen LogP contribution in [0.2, 0.25) is 0 Å². The van der Waals surface area contributed by atoms with E-state index in [0.717, 1.165) is 37.3 Å². The van der Waals surface area contributed by atoms with E-state index < -0.39 is 0 Å². The molecule has 0 unspecified atom stereocenters. The standard InChI is InChI=1S/C17H28N4O/c1-6-21-14(3)16(13(2)19-21)15-10-18-12-20(15)9-7-8-17(4,5)11-22/h10,12,22H,6-9,11H2,1-5H3. The molecule has 5 heteroatoms. The van der Waals surface area contributed by atoms with Crippen molar-refractivity contribution in [3.63, 3.8) is 0 Å². The molecule has 0 aliphatic rings. The van der Waals surface area contributed by atoms with Crippen molar-refractivity contribution in [3.8, 4) is 11.3 Å². The highest BCUT2D eigenvalue weighted by atomic mass is 16.3. The van der Waals surface area contributed by atoms with E-state index in [1.807, 2.05) is 17.2 Å². The van der Waals surface area contributed by atoms with Crippen molar-refractivity contribution in [1.82, 2.24) is 19.3 Å². The van der Waals surface area contributed by atoms with Crippen LogP contribution in [0.15, 0.2) is 12.5 Å². The summed E-state index contributed by atoms with van der Waals surface area (Å²) in [5.74, 6) is 0. The van der Waals surface area contributed by atoms with Crippen LogP contribution in [-0.2, 0) is 13.1 Å². The number of nitrogens with zero attached hydrogens (tertiary/aromatic N) is 4. The first-order valence-electron chi connectivity index (χ1n) is 8.05. The van der Waals surface area contributed by atoms with Gasteiger partial charge in [0, 0.05) is 31.0 Å². The lowest BCUT2D eigenvalue weighted by Crippen LogP contribution is -2.17. The molecule has 2 rings (SSSR count). The summed E-state index contributed by atoms with van der Waals surface area (Å²) >= 11 is 0. The number of rotatable bonds is 7. The summed E-state index contributed by atoms with van der Waals surface area (Å²) in [5.41, 5.74) is 4.56. The number of hydrogen-bond acceptors (Lipinski definition) is 3. The third kappa shape index (κ3) is 3.40. The van der Waals surface area contributed by atoms with Crippen LogP contribution >= 0.6 is 0 Å². The predicted octanol–water partition coefficient (Wildman–Crippen LogP) is 3.18. The molecule has 2 aromatic rings. The van der Waals surface area contributed by atoms with Crippen LogP contribution < -0.4 is 0 Å². The van der Waals surface area contributed by atoms with Gasteiger partial charge in [-0.25, -0.2) is 4.98 Å². The Morgan fingerprint density at radius 1 is 1.27 bits per heavy atom. The van der Waals surface area contributed by atoms with Crippen LogP contribution in [0.1, 0.15) is 45.0 Å². The van der Waals surface area contributed by atoms with Gasteiger partial charge in [-0.15, -0.1) is 0 Å². The summed E-state index contributed by atoms with van der Waals surface area (Å²) < 4.78 is 4.24. The number of hydrogen-bond donors (Lipinski definition) is 1. The van der Waals surface area contributed by atoms with Crippen molar-refractivity contribution in [2.75, 3.05) is 6.61 Å². The maximum absolute atomic E-state index is 9.36. The fourth-order valence-corrected chi connectivity index (χ4v) is 2.89. The Morgan fingerprint density at radius 3 is 2.59 bits per heavy atom. The molecule has 0 saturated carbocycles. The molecule has 0 saturated heterocycles. The van der Waals surface area contributed by atoms with Crippen LogP contribution in [0.25, 0.3) is 11.3 Å².